The molecular weight excluding hydrogens is 171 g/mol. The molecule has 0 aliphatic rings. The molecule has 1 aromatic carbocycles. The lowest BCUT2D eigenvalue weighted by molar-refractivity contribution is 0.181. The standard InChI is InChI=1S/C9H11O2P/c1-2-11-9(10)12-8-6-4-3-5-7-8/h3-7,12H,2H2,1H3. The van der Waals surface area contributed by atoms with Crippen LogP contribution in [-0.2, 0) is 4.74 Å². The molecule has 0 aliphatic carbocycles. The monoisotopic (exact) mass is 182 g/mol. The van der Waals surface area contributed by atoms with Crippen LogP contribution >= 0.6 is 8.58 Å². The summed E-state index contributed by atoms with van der Waals surface area (Å²) >= 11 is 0. The summed E-state index contributed by atoms with van der Waals surface area (Å²) in [5, 5.41) is 1.02. The van der Waals surface area contributed by atoms with Gasteiger partial charge in [0, 0.05) is 8.58 Å². The van der Waals surface area contributed by atoms with E-state index in [0.717, 1.165) is 5.30 Å². The third-order valence-corrected chi connectivity index (χ3v) is 2.27. The average Bonchev–Trinajstić information content (AvgIpc) is 2.06. The Morgan fingerprint density at radius 2 is 2.08 bits per heavy atom. The lowest BCUT2D eigenvalue weighted by Gasteiger charge is -2.00. The van der Waals surface area contributed by atoms with Gasteiger partial charge in [-0.15, -0.1) is 0 Å². The van der Waals surface area contributed by atoms with E-state index in [2.05, 4.69) is 0 Å². The van der Waals surface area contributed by atoms with Gasteiger partial charge in [-0.3, -0.25) is 0 Å². The van der Waals surface area contributed by atoms with Crippen LogP contribution in [0.5, 0.6) is 0 Å². The van der Waals surface area contributed by atoms with E-state index in [1.54, 1.807) is 0 Å². The van der Waals surface area contributed by atoms with Crippen LogP contribution in [0, 0.1) is 0 Å². The molecule has 0 saturated heterocycles. The van der Waals surface area contributed by atoms with Crippen LogP contribution in [0.2, 0.25) is 0 Å². The Bertz CT molecular complexity index is 246. The van der Waals surface area contributed by atoms with Crippen molar-refractivity contribution < 1.29 is 9.53 Å². The van der Waals surface area contributed by atoms with Crippen LogP contribution in [0.4, 0.5) is 4.79 Å². The number of hydrogen-bond acceptors (Lipinski definition) is 2. The Hall–Kier alpha value is -0.880. The molecule has 12 heavy (non-hydrogen) atoms. The summed E-state index contributed by atoms with van der Waals surface area (Å²) in [7, 11) is 0.124. The zero-order valence-electron chi connectivity index (χ0n) is 6.91. The molecule has 0 saturated carbocycles. The highest BCUT2D eigenvalue weighted by molar-refractivity contribution is 7.64. The Labute approximate surface area is 73.7 Å². The molecule has 0 radical (unpaired) electrons. The molecular formula is C9H11O2P. The van der Waals surface area contributed by atoms with Crippen LogP contribution in [-0.4, -0.2) is 12.3 Å². The molecule has 1 rings (SSSR count). The van der Waals surface area contributed by atoms with Gasteiger partial charge in [-0.05, 0) is 12.2 Å². The maximum atomic E-state index is 11.0. The number of rotatable bonds is 3. The highest BCUT2D eigenvalue weighted by Gasteiger charge is 2.01. The largest absolute Gasteiger partial charge is 0.463 e. The van der Waals surface area contributed by atoms with Gasteiger partial charge in [-0.1, -0.05) is 30.3 Å². The van der Waals surface area contributed by atoms with Gasteiger partial charge >= 0.3 is 5.71 Å². The molecule has 1 aromatic rings. The molecule has 0 aliphatic heterocycles. The minimum absolute atomic E-state index is 0.124. The number of hydrogen-bond donors (Lipinski definition) is 0. The van der Waals surface area contributed by atoms with E-state index in [-0.39, 0.29) is 14.3 Å². The van der Waals surface area contributed by atoms with Crippen LogP contribution < -0.4 is 5.30 Å². The van der Waals surface area contributed by atoms with Gasteiger partial charge in [-0.25, -0.2) is 4.79 Å². The van der Waals surface area contributed by atoms with Crippen molar-refractivity contribution in [3.8, 4) is 0 Å². The maximum Gasteiger partial charge on any atom is 0.327 e. The highest BCUT2D eigenvalue weighted by atomic mass is 31.1. The van der Waals surface area contributed by atoms with Gasteiger partial charge in [-0.2, -0.15) is 0 Å². The zero-order valence-corrected chi connectivity index (χ0v) is 7.91. The SMILES string of the molecule is CCOC(=O)Pc1ccccc1. The molecule has 0 heterocycles. The smallest absolute Gasteiger partial charge is 0.327 e. The summed E-state index contributed by atoms with van der Waals surface area (Å²) in [4.78, 5) is 11.0. The number of carbonyl (C=O) groups excluding carboxylic acids is 1. The molecule has 1 atom stereocenters. The quantitative estimate of drug-likeness (QED) is 0.669. The van der Waals surface area contributed by atoms with Crippen LogP contribution in [0.1, 0.15) is 6.92 Å². The third kappa shape index (κ3) is 3.02. The van der Waals surface area contributed by atoms with Crippen LogP contribution in [0.25, 0.3) is 0 Å². The van der Waals surface area contributed by atoms with E-state index in [0.29, 0.717) is 6.61 Å². The van der Waals surface area contributed by atoms with E-state index in [4.69, 9.17) is 4.74 Å². The minimum atomic E-state index is -0.135. The van der Waals surface area contributed by atoms with Crippen molar-refractivity contribution in [2.24, 2.45) is 0 Å². The first-order valence-electron chi connectivity index (χ1n) is 3.81. The van der Waals surface area contributed by atoms with Crippen molar-refractivity contribution in [1.29, 1.82) is 0 Å². The third-order valence-electron chi connectivity index (χ3n) is 1.30. The second kappa shape index (κ2) is 4.89. The predicted molar refractivity (Wildman–Crippen MR) is 51.4 cm³/mol. The maximum absolute atomic E-state index is 11.0. The summed E-state index contributed by atoms with van der Waals surface area (Å²) < 4.78 is 4.82. The van der Waals surface area contributed by atoms with Crippen LogP contribution in [0.15, 0.2) is 30.3 Å². The summed E-state index contributed by atoms with van der Waals surface area (Å²) in [6, 6.07) is 9.62. The first-order valence-corrected chi connectivity index (χ1v) is 4.81. The van der Waals surface area contributed by atoms with Gasteiger partial charge in [0.25, 0.3) is 0 Å². The molecule has 1 unspecified atom stereocenters. The van der Waals surface area contributed by atoms with E-state index in [1.165, 1.54) is 0 Å². The zero-order chi connectivity index (χ0) is 8.81. The molecule has 64 valence electrons. The first-order chi connectivity index (χ1) is 5.83. The van der Waals surface area contributed by atoms with Gasteiger partial charge in [0.05, 0.1) is 6.61 Å². The first kappa shape index (κ1) is 9.21. The highest BCUT2D eigenvalue weighted by Crippen LogP contribution is 2.12. The van der Waals surface area contributed by atoms with E-state index < -0.39 is 0 Å². The Morgan fingerprint density at radius 3 is 2.67 bits per heavy atom. The summed E-state index contributed by atoms with van der Waals surface area (Å²) in [6.45, 7) is 2.27. The summed E-state index contributed by atoms with van der Waals surface area (Å²) in [5.41, 5.74) is -0.135. The second-order valence-corrected chi connectivity index (χ2v) is 3.45. The van der Waals surface area contributed by atoms with Gasteiger partial charge in [0.15, 0.2) is 0 Å². The molecule has 0 bridgehead atoms. The topological polar surface area (TPSA) is 26.3 Å². The normalized spacial score (nSPS) is 10.4. The van der Waals surface area contributed by atoms with Crippen molar-refractivity contribution in [1.82, 2.24) is 0 Å². The number of carbonyl (C=O) groups is 1. The fraction of sp³-hybridized carbons (Fsp3) is 0.222. The van der Waals surface area contributed by atoms with E-state index >= 15 is 0 Å². The summed E-state index contributed by atoms with van der Waals surface area (Å²) in [6.07, 6.45) is 0. The minimum Gasteiger partial charge on any atom is -0.463 e. The van der Waals surface area contributed by atoms with Crippen molar-refractivity contribution in [2.75, 3.05) is 6.61 Å². The van der Waals surface area contributed by atoms with Gasteiger partial charge in [0.2, 0.25) is 0 Å². The number of benzene rings is 1. The molecule has 2 nitrogen and oxygen atoms in total. The molecule has 0 fully saturated rings. The second-order valence-electron chi connectivity index (χ2n) is 2.21. The fourth-order valence-corrected chi connectivity index (χ4v) is 1.62. The van der Waals surface area contributed by atoms with Crippen molar-refractivity contribution in [3.63, 3.8) is 0 Å². The predicted octanol–water partition coefficient (Wildman–Crippen LogP) is 2.15. The Kier molecular flexibility index (Phi) is 3.75. The molecule has 0 spiro atoms. The lowest BCUT2D eigenvalue weighted by atomic mass is 10.4. The molecule has 0 aromatic heterocycles. The summed E-state index contributed by atoms with van der Waals surface area (Å²) in [5.74, 6) is 0. The molecule has 0 amide bonds. The van der Waals surface area contributed by atoms with Gasteiger partial charge in [0.1, 0.15) is 0 Å². The Morgan fingerprint density at radius 1 is 1.42 bits per heavy atom. The lowest BCUT2D eigenvalue weighted by Crippen LogP contribution is -2.01. The Balaban J connectivity index is 2.47. The molecule has 0 N–H and O–H groups in total. The van der Waals surface area contributed by atoms with Crippen molar-refractivity contribution in [2.45, 2.75) is 6.92 Å². The van der Waals surface area contributed by atoms with Crippen LogP contribution in [0.3, 0.4) is 0 Å². The fourth-order valence-electron chi connectivity index (χ4n) is 0.807. The molecule has 3 heteroatoms. The van der Waals surface area contributed by atoms with Gasteiger partial charge < -0.3 is 4.74 Å². The van der Waals surface area contributed by atoms with E-state index in [1.807, 2.05) is 37.3 Å². The average molecular weight is 182 g/mol. The van der Waals surface area contributed by atoms with E-state index in [9.17, 15) is 4.79 Å². The van der Waals surface area contributed by atoms with Crippen molar-refractivity contribution in [3.05, 3.63) is 30.3 Å². The number of ether oxygens (including phenoxy) is 1. The van der Waals surface area contributed by atoms with Crippen molar-refractivity contribution >= 4 is 19.6 Å².